The summed E-state index contributed by atoms with van der Waals surface area (Å²) in [6.45, 7) is 2.74. The van der Waals surface area contributed by atoms with E-state index in [2.05, 4.69) is 12.2 Å². The molecule has 1 N–H and O–H groups in total. The third-order valence-electron chi connectivity index (χ3n) is 4.46. The summed E-state index contributed by atoms with van der Waals surface area (Å²) in [5.74, 6) is -0.344. The Hall–Kier alpha value is -1.62. The molecule has 114 valence electrons. The molecule has 1 aromatic rings. The molecule has 0 bridgehead atoms. The molecule has 0 heterocycles. The fourth-order valence-electron chi connectivity index (χ4n) is 2.98. The van der Waals surface area contributed by atoms with Gasteiger partial charge in [0, 0.05) is 12.6 Å². The molecule has 1 aromatic carbocycles. The Bertz CT molecular complexity index is 554. The van der Waals surface area contributed by atoms with Crippen molar-refractivity contribution in [3.63, 3.8) is 0 Å². The first-order valence-electron chi connectivity index (χ1n) is 7.20. The zero-order valence-corrected chi connectivity index (χ0v) is 12.8. The minimum Gasteiger partial charge on any atom is -0.351 e. The van der Waals surface area contributed by atoms with Gasteiger partial charge in [0.25, 0.3) is 11.6 Å². The van der Waals surface area contributed by atoms with Crippen molar-refractivity contribution >= 4 is 23.2 Å². The van der Waals surface area contributed by atoms with Gasteiger partial charge in [-0.2, -0.15) is 0 Å². The second-order valence-electron chi connectivity index (χ2n) is 5.64. The molecule has 21 heavy (non-hydrogen) atoms. The predicted molar refractivity (Wildman–Crippen MR) is 81.6 cm³/mol. The number of rotatable bonds is 5. The first-order chi connectivity index (χ1) is 9.99. The lowest BCUT2D eigenvalue weighted by Gasteiger charge is -2.27. The summed E-state index contributed by atoms with van der Waals surface area (Å²) < 4.78 is 0. The highest BCUT2D eigenvalue weighted by Crippen LogP contribution is 2.40. The van der Waals surface area contributed by atoms with Crippen molar-refractivity contribution in [3.05, 3.63) is 38.9 Å². The number of hydrogen-bond donors (Lipinski definition) is 1. The van der Waals surface area contributed by atoms with Gasteiger partial charge in [-0.1, -0.05) is 37.4 Å². The number of halogens is 1. The number of nitrogens with one attached hydrogen (secondary N) is 1. The zero-order chi connectivity index (χ0) is 15.5. The van der Waals surface area contributed by atoms with Crippen LogP contribution in [-0.2, 0) is 0 Å². The van der Waals surface area contributed by atoms with Crippen molar-refractivity contribution in [3.8, 4) is 0 Å². The number of nitro groups is 1. The summed E-state index contributed by atoms with van der Waals surface area (Å²) in [5.41, 5.74) is 0.0913. The maximum Gasteiger partial charge on any atom is 0.288 e. The van der Waals surface area contributed by atoms with Crippen LogP contribution >= 0.6 is 11.6 Å². The van der Waals surface area contributed by atoms with Gasteiger partial charge in [0.05, 0.1) is 10.5 Å². The predicted octanol–water partition coefficient (Wildman–Crippen LogP) is 3.95. The van der Waals surface area contributed by atoms with Gasteiger partial charge >= 0.3 is 0 Å². The number of benzene rings is 1. The summed E-state index contributed by atoms with van der Waals surface area (Å²) in [6.07, 6.45) is 5.65. The lowest BCUT2D eigenvalue weighted by atomic mass is 9.83. The van der Waals surface area contributed by atoms with Crippen LogP contribution in [0.4, 0.5) is 5.69 Å². The molecular weight excluding hydrogens is 292 g/mol. The molecule has 1 fully saturated rings. The highest BCUT2D eigenvalue weighted by Gasteiger charge is 2.32. The van der Waals surface area contributed by atoms with E-state index in [1.807, 2.05) is 0 Å². The standard InChI is InChI=1S/C15H19ClN2O3/c1-2-15(8-3-4-9-15)10-17-14(19)11-6-5-7-12(13(11)16)18(20)21/h5-7H,2-4,8-10H2,1H3,(H,17,19). The number of amides is 1. The zero-order valence-electron chi connectivity index (χ0n) is 12.0. The largest absolute Gasteiger partial charge is 0.351 e. The third kappa shape index (κ3) is 3.35. The molecule has 0 aliphatic heterocycles. The van der Waals surface area contributed by atoms with E-state index in [0.29, 0.717) is 6.54 Å². The number of carbonyl (C=O) groups excluding carboxylic acids is 1. The van der Waals surface area contributed by atoms with E-state index in [0.717, 1.165) is 19.3 Å². The average molecular weight is 311 g/mol. The van der Waals surface area contributed by atoms with Crippen LogP contribution < -0.4 is 5.32 Å². The summed E-state index contributed by atoms with van der Waals surface area (Å²) in [5, 5.41) is 13.6. The van der Waals surface area contributed by atoms with Crippen molar-refractivity contribution in [2.24, 2.45) is 5.41 Å². The van der Waals surface area contributed by atoms with Gasteiger partial charge in [-0.05, 0) is 30.7 Å². The molecule has 1 saturated carbocycles. The van der Waals surface area contributed by atoms with E-state index in [1.165, 1.54) is 31.0 Å². The number of nitrogens with zero attached hydrogens (tertiary/aromatic N) is 1. The normalized spacial score (nSPS) is 16.7. The molecule has 0 unspecified atom stereocenters. The van der Waals surface area contributed by atoms with Crippen molar-refractivity contribution < 1.29 is 9.72 Å². The molecule has 2 rings (SSSR count). The third-order valence-corrected chi connectivity index (χ3v) is 4.86. The van der Waals surface area contributed by atoms with Gasteiger partial charge in [0.1, 0.15) is 5.02 Å². The number of nitro benzene ring substituents is 1. The van der Waals surface area contributed by atoms with Crippen molar-refractivity contribution in [2.45, 2.75) is 39.0 Å². The quantitative estimate of drug-likeness (QED) is 0.661. The van der Waals surface area contributed by atoms with Crippen LogP contribution in [0, 0.1) is 15.5 Å². The minimum atomic E-state index is -0.580. The summed E-state index contributed by atoms with van der Waals surface area (Å²) in [6, 6.07) is 4.28. The molecular formula is C15H19ClN2O3. The lowest BCUT2D eigenvalue weighted by Crippen LogP contribution is -2.35. The number of hydrogen-bond acceptors (Lipinski definition) is 3. The Morgan fingerprint density at radius 3 is 2.67 bits per heavy atom. The highest BCUT2D eigenvalue weighted by molar-refractivity contribution is 6.35. The Labute approximate surface area is 128 Å². The molecule has 1 aliphatic carbocycles. The fraction of sp³-hybridized carbons (Fsp3) is 0.533. The van der Waals surface area contributed by atoms with Crippen LogP contribution in [-0.4, -0.2) is 17.4 Å². The Morgan fingerprint density at radius 1 is 1.43 bits per heavy atom. The molecule has 0 radical (unpaired) electrons. The molecule has 0 spiro atoms. The van der Waals surface area contributed by atoms with Gasteiger partial charge < -0.3 is 5.32 Å². The minimum absolute atomic E-state index is 0.100. The van der Waals surface area contributed by atoms with Gasteiger partial charge in [-0.15, -0.1) is 0 Å². The van der Waals surface area contributed by atoms with Crippen LogP contribution in [0.3, 0.4) is 0 Å². The van der Waals surface area contributed by atoms with E-state index in [9.17, 15) is 14.9 Å². The number of carbonyl (C=O) groups is 1. The fourth-order valence-corrected chi connectivity index (χ4v) is 3.26. The highest BCUT2D eigenvalue weighted by atomic mass is 35.5. The Kier molecular flexibility index (Phi) is 4.83. The van der Waals surface area contributed by atoms with E-state index in [4.69, 9.17) is 11.6 Å². The van der Waals surface area contributed by atoms with Crippen molar-refractivity contribution in [1.29, 1.82) is 0 Å². The Morgan fingerprint density at radius 2 is 2.10 bits per heavy atom. The first kappa shape index (κ1) is 15.8. The van der Waals surface area contributed by atoms with Crippen LogP contribution in [0.1, 0.15) is 49.4 Å². The monoisotopic (exact) mass is 310 g/mol. The smallest absolute Gasteiger partial charge is 0.288 e. The second kappa shape index (κ2) is 6.43. The lowest BCUT2D eigenvalue weighted by molar-refractivity contribution is -0.384. The molecule has 0 saturated heterocycles. The molecule has 1 aliphatic rings. The summed E-state index contributed by atoms with van der Waals surface area (Å²) >= 11 is 5.96. The Balaban J connectivity index is 2.10. The van der Waals surface area contributed by atoms with Gasteiger partial charge in [0.15, 0.2) is 0 Å². The van der Waals surface area contributed by atoms with E-state index in [1.54, 1.807) is 0 Å². The van der Waals surface area contributed by atoms with E-state index in [-0.39, 0.29) is 27.6 Å². The second-order valence-corrected chi connectivity index (χ2v) is 6.02. The maximum atomic E-state index is 12.2. The molecule has 6 heteroatoms. The van der Waals surface area contributed by atoms with Crippen LogP contribution in [0.25, 0.3) is 0 Å². The maximum absolute atomic E-state index is 12.2. The topological polar surface area (TPSA) is 72.2 Å². The van der Waals surface area contributed by atoms with Gasteiger partial charge in [0.2, 0.25) is 0 Å². The SMILES string of the molecule is CCC1(CNC(=O)c2cccc([N+](=O)[O-])c2Cl)CCCC1. The van der Waals surface area contributed by atoms with Gasteiger partial charge in [-0.25, -0.2) is 0 Å². The van der Waals surface area contributed by atoms with Crippen LogP contribution in [0.15, 0.2) is 18.2 Å². The van der Waals surface area contributed by atoms with Crippen molar-refractivity contribution in [2.75, 3.05) is 6.54 Å². The molecule has 0 atom stereocenters. The van der Waals surface area contributed by atoms with E-state index >= 15 is 0 Å². The van der Waals surface area contributed by atoms with Crippen molar-refractivity contribution in [1.82, 2.24) is 5.32 Å². The van der Waals surface area contributed by atoms with Gasteiger partial charge in [-0.3, -0.25) is 14.9 Å². The summed E-state index contributed by atoms with van der Waals surface area (Å²) in [7, 11) is 0. The molecule has 1 amide bonds. The molecule has 0 aromatic heterocycles. The average Bonchev–Trinajstić information content (AvgIpc) is 2.94. The van der Waals surface area contributed by atoms with E-state index < -0.39 is 4.92 Å². The van der Waals surface area contributed by atoms with Crippen LogP contribution in [0.5, 0.6) is 0 Å². The first-order valence-corrected chi connectivity index (χ1v) is 7.58. The van der Waals surface area contributed by atoms with Crippen LogP contribution in [0.2, 0.25) is 5.02 Å². The summed E-state index contributed by atoms with van der Waals surface area (Å²) in [4.78, 5) is 22.5. The molecule has 5 nitrogen and oxygen atoms in total.